The molecule has 1 unspecified atom stereocenters. The fourth-order valence-corrected chi connectivity index (χ4v) is 3.10. The highest BCUT2D eigenvalue weighted by Gasteiger charge is 2.25. The minimum Gasteiger partial charge on any atom is -0.479 e. The van der Waals surface area contributed by atoms with Crippen LogP contribution in [0, 0.1) is 0 Å². The molecule has 0 saturated carbocycles. The van der Waals surface area contributed by atoms with Crippen LogP contribution in [0.1, 0.15) is 6.92 Å². The van der Waals surface area contributed by atoms with Gasteiger partial charge in [0.15, 0.2) is 6.10 Å². The Kier molecular flexibility index (Phi) is 3.93. The second-order valence-corrected chi connectivity index (χ2v) is 6.03. The van der Waals surface area contributed by atoms with Gasteiger partial charge in [-0.2, -0.15) is 0 Å². The second kappa shape index (κ2) is 5.88. The van der Waals surface area contributed by atoms with Gasteiger partial charge >= 0.3 is 0 Å². The summed E-state index contributed by atoms with van der Waals surface area (Å²) in [6.07, 6.45) is -0.536. The van der Waals surface area contributed by atoms with Crippen molar-refractivity contribution >= 4 is 40.9 Å². The maximum Gasteiger partial charge on any atom is 0.265 e. The van der Waals surface area contributed by atoms with E-state index in [0.717, 1.165) is 0 Å². The van der Waals surface area contributed by atoms with Gasteiger partial charge < -0.3 is 20.3 Å². The van der Waals surface area contributed by atoms with E-state index >= 15 is 0 Å². The average molecular weight is 321 g/mol. The number of carbonyl (C=O) groups excluding carboxylic acids is 3. The molecule has 3 rings (SSSR count). The number of fused-ring (bicyclic) bond motifs is 1. The van der Waals surface area contributed by atoms with Crippen LogP contribution in [0.3, 0.4) is 0 Å². The van der Waals surface area contributed by atoms with Gasteiger partial charge in [-0.05, 0) is 25.1 Å². The third-order valence-corrected chi connectivity index (χ3v) is 4.30. The molecule has 3 amide bonds. The number of nitrogens with one attached hydrogen (secondary N) is 2. The highest BCUT2D eigenvalue weighted by atomic mass is 32.2. The average Bonchev–Trinajstić information content (AvgIpc) is 2.86. The molecule has 116 valence electrons. The molecule has 2 aliphatic heterocycles. The van der Waals surface area contributed by atoms with Gasteiger partial charge in [-0.3, -0.25) is 14.4 Å². The summed E-state index contributed by atoms with van der Waals surface area (Å²) in [5.41, 5.74) is 1.07. The normalized spacial score (nSPS) is 20.2. The zero-order chi connectivity index (χ0) is 15.7. The van der Waals surface area contributed by atoms with Crippen LogP contribution in [0.2, 0.25) is 0 Å². The number of carbonyl (C=O) groups is 3. The fourth-order valence-electron chi connectivity index (χ4n) is 2.20. The van der Waals surface area contributed by atoms with E-state index in [1.165, 1.54) is 16.7 Å². The van der Waals surface area contributed by atoms with Crippen molar-refractivity contribution in [3.8, 4) is 5.75 Å². The first-order valence-electron chi connectivity index (χ1n) is 6.80. The molecule has 2 aliphatic rings. The predicted molar refractivity (Wildman–Crippen MR) is 82.8 cm³/mol. The van der Waals surface area contributed by atoms with Gasteiger partial charge in [-0.15, -0.1) is 11.8 Å². The molecule has 7 nitrogen and oxygen atoms in total. The van der Waals surface area contributed by atoms with Crippen molar-refractivity contribution in [2.24, 2.45) is 0 Å². The summed E-state index contributed by atoms with van der Waals surface area (Å²) in [4.78, 5) is 36.5. The molecule has 0 radical (unpaired) electrons. The molecule has 2 heterocycles. The second-order valence-electron chi connectivity index (χ2n) is 5.08. The smallest absolute Gasteiger partial charge is 0.265 e. The Morgan fingerprint density at radius 1 is 1.50 bits per heavy atom. The van der Waals surface area contributed by atoms with Gasteiger partial charge in [0.05, 0.1) is 17.3 Å². The zero-order valence-corrected chi connectivity index (χ0v) is 12.7. The van der Waals surface area contributed by atoms with Crippen LogP contribution in [0.25, 0.3) is 0 Å². The van der Waals surface area contributed by atoms with E-state index in [0.29, 0.717) is 28.8 Å². The monoisotopic (exact) mass is 321 g/mol. The van der Waals surface area contributed by atoms with Gasteiger partial charge in [0.1, 0.15) is 12.3 Å². The minimum absolute atomic E-state index is 0.0276. The number of ether oxygens (including phenoxy) is 1. The molecule has 2 N–H and O–H groups in total. The van der Waals surface area contributed by atoms with E-state index in [-0.39, 0.29) is 24.3 Å². The van der Waals surface area contributed by atoms with Crippen molar-refractivity contribution in [1.82, 2.24) is 4.90 Å². The molecule has 1 aromatic carbocycles. The Balaban J connectivity index is 1.66. The molecule has 1 fully saturated rings. The molecule has 1 atom stereocenters. The van der Waals surface area contributed by atoms with Crippen LogP contribution in [-0.2, 0) is 14.4 Å². The molecule has 0 spiro atoms. The number of anilines is 2. The summed E-state index contributed by atoms with van der Waals surface area (Å²) in [5, 5.41) is 5.44. The first-order valence-corrected chi connectivity index (χ1v) is 7.95. The number of amides is 3. The lowest BCUT2D eigenvalue weighted by atomic mass is 10.2. The van der Waals surface area contributed by atoms with Crippen LogP contribution in [0.5, 0.6) is 5.75 Å². The van der Waals surface area contributed by atoms with Crippen molar-refractivity contribution in [2.75, 3.05) is 28.8 Å². The summed E-state index contributed by atoms with van der Waals surface area (Å²) >= 11 is 1.49. The van der Waals surface area contributed by atoms with Crippen molar-refractivity contribution in [2.45, 2.75) is 13.0 Å². The first-order chi connectivity index (χ1) is 10.5. The lowest BCUT2D eigenvalue weighted by Gasteiger charge is -2.23. The lowest BCUT2D eigenvalue weighted by molar-refractivity contribution is -0.130. The van der Waals surface area contributed by atoms with Gasteiger partial charge in [0.2, 0.25) is 11.8 Å². The molecule has 8 heteroatoms. The Morgan fingerprint density at radius 3 is 3.05 bits per heavy atom. The van der Waals surface area contributed by atoms with Crippen LogP contribution < -0.4 is 15.4 Å². The van der Waals surface area contributed by atoms with Crippen molar-refractivity contribution in [3.05, 3.63) is 18.2 Å². The Hall–Kier alpha value is -2.22. The number of hydrogen-bond donors (Lipinski definition) is 2. The standard InChI is InChI=1S/C14H15N3O4S/c1-8-14(20)16-10-4-9(2-3-11(10)21-8)15-12(18)5-17-7-22-6-13(17)19/h2-4,8H,5-7H2,1H3,(H,15,18)(H,16,20). The van der Waals surface area contributed by atoms with E-state index in [1.54, 1.807) is 25.1 Å². The molecule has 22 heavy (non-hydrogen) atoms. The van der Waals surface area contributed by atoms with Crippen LogP contribution in [0.4, 0.5) is 11.4 Å². The van der Waals surface area contributed by atoms with Crippen molar-refractivity contribution in [1.29, 1.82) is 0 Å². The Bertz CT molecular complexity index is 649. The van der Waals surface area contributed by atoms with Gasteiger partial charge in [0.25, 0.3) is 5.91 Å². The maximum absolute atomic E-state index is 12.0. The highest BCUT2D eigenvalue weighted by Crippen LogP contribution is 2.32. The van der Waals surface area contributed by atoms with Crippen molar-refractivity contribution in [3.63, 3.8) is 0 Å². The fraction of sp³-hybridized carbons (Fsp3) is 0.357. The Morgan fingerprint density at radius 2 is 2.32 bits per heavy atom. The maximum atomic E-state index is 12.0. The van der Waals surface area contributed by atoms with Crippen LogP contribution in [-0.4, -0.2) is 46.9 Å². The van der Waals surface area contributed by atoms with E-state index in [2.05, 4.69) is 10.6 Å². The number of rotatable bonds is 3. The highest BCUT2D eigenvalue weighted by molar-refractivity contribution is 8.00. The minimum atomic E-state index is -0.536. The molecular weight excluding hydrogens is 306 g/mol. The lowest BCUT2D eigenvalue weighted by Crippen LogP contribution is -2.35. The third kappa shape index (κ3) is 3.01. The van der Waals surface area contributed by atoms with E-state index < -0.39 is 6.10 Å². The Labute approximate surface area is 131 Å². The molecule has 1 aromatic rings. The summed E-state index contributed by atoms with van der Waals surface area (Å²) < 4.78 is 5.45. The van der Waals surface area contributed by atoms with E-state index in [9.17, 15) is 14.4 Å². The quantitative estimate of drug-likeness (QED) is 0.863. The van der Waals surface area contributed by atoms with E-state index in [1.807, 2.05) is 0 Å². The number of nitrogens with zero attached hydrogens (tertiary/aromatic N) is 1. The van der Waals surface area contributed by atoms with E-state index in [4.69, 9.17) is 4.74 Å². The largest absolute Gasteiger partial charge is 0.479 e. The topological polar surface area (TPSA) is 87.7 Å². The molecular formula is C14H15N3O4S. The predicted octanol–water partition coefficient (Wildman–Crippen LogP) is 0.877. The summed E-state index contributed by atoms with van der Waals surface area (Å²) in [6, 6.07) is 5.02. The molecule has 1 saturated heterocycles. The van der Waals surface area contributed by atoms with Gasteiger partial charge in [-0.25, -0.2) is 0 Å². The summed E-state index contributed by atoms with van der Waals surface area (Å²) in [6.45, 7) is 1.70. The van der Waals surface area contributed by atoms with Crippen molar-refractivity contribution < 1.29 is 19.1 Å². The third-order valence-electron chi connectivity index (χ3n) is 3.35. The van der Waals surface area contributed by atoms with Crippen LogP contribution in [0.15, 0.2) is 18.2 Å². The summed E-state index contributed by atoms with van der Waals surface area (Å²) in [5.74, 6) is 1.01. The number of benzene rings is 1. The van der Waals surface area contributed by atoms with Gasteiger partial charge in [0, 0.05) is 5.69 Å². The summed E-state index contributed by atoms with van der Waals surface area (Å²) in [7, 11) is 0. The molecule has 0 aromatic heterocycles. The molecule has 0 bridgehead atoms. The van der Waals surface area contributed by atoms with Gasteiger partial charge in [-0.1, -0.05) is 0 Å². The number of hydrogen-bond acceptors (Lipinski definition) is 5. The molecule has 0 aliphatic carbocycles. The zero-order valence-electron chi connectivity index (χ0n) is 11.9. The van der Waals surface area contributed by atoms with Crippen LogP contribution >= 0.6 is 11.8 Å². The SMILES string of the molecule is CC1Oc2ccc(NC(=O)CN3CSCC3=O)cc2NC1=O. The number of thioether (sulfide) groups is 1. The first kappa shape index (κ1) is 14.7.